The zero-order valence-corrected chi connectivity index (χ0v) is 13.8. The molecule has 2 atom stereocenters. The van der Waals surface area contributed by atoms with E-state index in [0.29, 0.717) is 30.1 Å². The minimum absolute atomic E-state index is 0.264. The van der Waals surface area contributed by atoms with Crippen LogP contribution in [0.5, 0.6) is 11.5 Å². The smallest absolute Gasteiger partial charge is 0.405 e. The zero-order valence-electron chi connectivity index (χ0n) is 13.8. The highest BCUT2D eigenvalue weighted by molar-refractivity contribution is 5.93. The van der Waals surface area contributed by atoms with Crippen LogP contribution in [-0.2, 0) is 4.74 Å². The summed E-state index contributed by atoms with van der Waals surface area (Å²) in [4.78, 5) is 22.7. The van der Waals surface area contributed by atoms with Crippen LogP contribution >= 0.6 is 0 Å². The van der Waals surface area contributed by atoms with Crippen LogP contribution in [-0.4, -0.2) is 29.9 Å². The number of amides is 2. The largest absolute Gasteiger partial charge is 0.486 e. The Morgan fingerprint density at radius 3 is 2.54 bits per heavy atom. The molecule has 2 aromatic rings. The lowest BCUT2D eigenvalue weighted by Crippen LogP contribution is -2.32. The van der Waals surface area contributed by atoms with E-state index in [1.807, 2.05) is 18.2 Å². The molecule has 2 unspecified atom stereocenters. The second-order valence-electron chi connectivity index (χ2n) is 5.72. The minimum Gasteiger partial charge on any atom is -0.486 e. The van der Waals surface area contributed by atoms with Crippen LogP contribution < -0.4 is 20.7 Å². The third kappa shape index (κ3) is 4.04. The van der Waals surface area contributed by atoms with Crippen molar-refractivity contribution < 1.29 is 29.0 Å². The maximum atomic E-state index is 11.4. The first-order chi connectivity index (χ1) is 12.6. The van der Waals surface area contributed by atoms with Crippen molar-refractivity contribution in [2.45, 2.75) is 18.6 Å². The molecule has 0 saturated carbocycles. The summed E-state index contributed by atoms with van der Waals surface area (Å²) in [5.41, 5.74) is 7.64. The fraction of sp³-hybridized carbons (Fsp3) is 0.222. The van der Waals surface area contributed by atoms with E-state index in [2.05, 4.69) is 0 Å². The van der Waals surface area contributed by atoms with E-state index in [1.165, 1.54) is 12.1 Å². The lowest BCUT2D eigenvalue weighted by molar-refractivity contribution is 0.0320. The molecule has 0 aromatic heterocycles. The van der Waals surface area contributed by atoms with Crippen LogP contribution in [0.1, 0.15) is 28.4 Å². The molecule has 0 saturated heterocycles. The molecule has 2 aromatic carbocycles. The Bertz CT molecular complexity index is 793. The van der Waals surface area contributed by atoms with Gasteiger partial charge in [0.25, 0.3) is 5.91 Å². The number of carbonyl (C=O) groups is 2. The van der Waals surface area contributed by atoms with E-state index < -0.39 is 18.1 Å². The molecule has 1 aliphatic rings. The quantitative estimate of drug-likeness (QED) is 0.556. The Kier molecular flexibility index (Phi) is 5.23. The number of hydroxylamine groups is 1. The Labute approximate surface area is 149 Å². The van der Waals surface area contributed by atoms with Gasteiger partial charge in [-0.15, -0.1) is 0 Å². The van der Waals surface area contributed by atoms with Gasteiger partial charge >= 0.3 is 6.09 Å². The summed E-state index contributed by atoms with van der Waals surface area (Å²) in [5, 5.41) is 8.67. The van der Waals surface area contributed by atoms with Gasteiger partial charge in [-0.1, -0.05) is 24.3 Å². The van der Waals surface area contributed by atoms with Crippen molar-refractivity contribution in [2.24, 2.45) is 5.73 Å². The summed E-state index contributed by atoms with van der Waals surface area (Å²) in [6.07, 6.45) is -1.60. The van der Waals surface area contributed by atoms with E-state index in [1.54, 1.807) is 23.7 Å². The first-order valence-electron chi connectivity index (χ1n) is 7.96. The highest BCUT2D eigenvalue weighted by Gasteiger charge is 2.27. The number of hydrogen-bond donors (Lipinski definition) is 3. The zero-order chi connectivity index (χ0) is 18.5. The summed E-state index contributed by atoms with van der Waals surface area (Å²) in [5.74, 6) is 0.650. The summed E-state index contributed by atoms with van der Waals surface area (Å²) in [6.45, 7) is 0.306. The topological polar surface area (TPSA) is 120 Å². The van der Waals surface area contributed by atoms with Gasteiger partial charge in [-0.05, 0) is 29.8 Å². The minimum atomic E-state index is -0.913. The monoisotopic (exact) mass is 358 g/mol. The first-order valence-corrected chi connectivity index (χ1v) is 7.96. The molecule has 1 heterocycles. The van der Waals surface area contributed by atoms with Crippen molar-refractivity contribution in [3.63, 3.8) is 0 Å². The van der Waals surface area contributed by atoms with Crippen LogP contribution in [0, 0.1) is 0 Å². The average Bonchev–Trinajstić information content (AvgIpc) is 2.66. The van der Waals surface area contributed by atoms with Gasteiger partial charge in [0, 0.05) is 12.0 Å². The molecule has 0 fully saturated rings. The molecule has 1 aliphatic heterocycles. The van der Waals surface area contributed by atoms with Gasteiger partial charge in [0.05, 0.1) is 0 Å². The van der Waals surface area contributed by atoms with Crippen molar-refractivity contribution in [1.29, 1.82) is 0 Å². The number of ether oxygens (including phenoxy) is 3. The summed E-state index contributed by atoms with van der Waals surface area (Å²) in [6, 6.07) is 13.6. The van der Waals surface area contributed by atoms with E-state index in [-0.39, 0.29) is 11.7 Å². The molecule has 0 radical (unpaired) electrons. The second-order valence-corrected chi connectivity index (χ2v) is 5.72. The maximum Gasteiger partial charge on any atom is 0.405 e. The molecular weight excluding hydrogens is 340 g/mol. The van der Waals surface area contributed by atoms with E-state index >= 15 is 0 Å². The number of carbonyl (C=O) groups excluding carboxylic acids is 2. The number of benzene rings is 2. The molecule has 0 spiro atoms. The Balaban J connectivity index is 1.74. The number of para-hydroxylation sites is 2. The van der Waals surface area contributed by atoms with Crippen LogP contribution in [0.15, 0.2) is 48.5 Å². The number of nitrogens with two attached hydrogens (primary N) is 1. The van der Waals surface area contributed by atoms with Crippen LogP contribution in [0.3, 0.4) is 0 Å². The lowest BCUT2D eigenvalue weighted by Gasteiger charge is -2.29. The number of hydrogen-bond acceptors (Lipinski definition) is 6. The summed E-state index contributed by atoms with van der Waals surface area (Å²) < 4.78 is 16.8. The molecule has 0 aliphatic carbocycles. The molecule has 8 heteroatoms. The highest BCUT2D eigenvalue weighted by Crippen LogP contribution is 2.34. The fourth-order valence-corrected chi connectivity index (χ4v) is 2.72. The lowest BCUT2D eigenvalue weighted by atomic mass is 10.0. The molecule has 26 heavy (non-hydrogen) atoms. The van der Waals surface area contributed by atoms with E-state index in [9.17, 15) is 9.59 Å². The van der Waals surface area contributed by atoms with Gasteiger partial charge in [0.1, 0.15) is 18.8 Å². The Morgan fingerprint density at radius 1 is 1.19 bits per heavy atom. The molecule has 136 valence electrons. The second kappa shape index (κ2) is 7.75. The van der Waals surface area contributed by atoms with Crippen LogP contribution in [0.2, 0.25) is 0 Å². The molecule has 8 nitrogen and oxygen atoms in total. The third-order valence-corrected chi connectivity index (χ3v) is 3.95. The van der Waals surface area contributed by atoms with Crippen molar-refractivity contribution in [3.05, 3.63) is 59.7 Å². The summed E-state index contributed by atoms with van der Waals surface area (Å²) in [7, 11) is 0. The number of fused-ring (bicyclic) bond motifs is 1. The number of rotatable bonds is 5. The normalized spacial score (nSPS) is 16.4. The van der Waals surface area contributed by atoms with Gasteiger partial charge < -0.3 is 19.9 Å². The first kappa shape index (κ1) is 17.6. The number of nitrogens with one attached hydrogen (secondary N) is 1. The van der Waals surface area contributed by atoms with Gasteiger partial charge in [-0.2, -0.15) is 0 Å². The standard InChI is InChI=1S/C18H18N2O6/c19-18(22)26-16(11-5-7-12(8-6-11)17(21)20-23)9-13-10-24-14-3-1-2-4-15(14)25-13/h1-8,13,16,23H,9-10H2,(H2,19,22)(H,20,21). The molecule has 4 N–H and O–H groups in total. The highest BCUT2D eigenvalue weighted by atomic mass is 16.6. The maximum absolute atomic E-state index is 11.4. The molecule has 2 amide bonds. The SMILES string of the molecule is NC(=O)OC(CC1COc2ccccc2O1)c1ccc(C(=O)NO)cc1. The molecule has 3 rings (SSSR count). The van der Waals surface area contributed by atoms with Crippen molar-refractivity contribution in [3.8, 4) is 11.5 Å². The van der Waals surface area contributed by atoms with Crippen LogP contribution in [0.25, 0.3) is 0 Å². The predicted molar refractivity (Wildman–Crippen MR) is 90.1 cm³/mol. The Morgan fingerprint density at radius 2 is 1.88 bits per heavy atom. The number of primary amides is 1. The summed E-state index contributed by atoms with van der Waals surface area (Å²) >= 11 is 0. The Hall–Kier alpha value is -3.26. The van der Waals surface area contributed by atoms with Gasteiger partial charge in [-0.25, -0.2) is 10.3 Å². The third-order valence-electron chi connectivity index (χ3n) is 3.95. The van der Waals surface area contributed by atoms with E-state index in [0.717, 1.165) is 0 Å². The molecule has 0 bridgehead atoms. The van der Waals surface area contributed by atoms with Crippen molar-refractivity contribution >= 4 is 12.0 Å². The van der Waals surface area contributed by atoms with Gasteiger partial charge in [0.15, 0.2) is 11.5 Å². The average molecular weight is 358 g/mol. The van der Waals surface area contributed by atoms with Crippen molar-refractivity contribution in [2.75, 3.05) is 6.61 Å². The van der Waals surface area contributed by atoms with Crippen molar-refractivity contribution in [1.82, 2.24) is 5.48 Å². The molecular formula is C18H18N2O6. The van der Waals surface area contributed by atoms with E-state index in [4.69, 9.17) is 25.2 Å². The fourth-order valence-electron chi connectivity index (χ4n) is 2.72. The van der Waals surface area contributed by atoms with Gasteiger partial charge in [-0.3, -0.25) is 10.0 Å². The van der Waals surface area contributed by atoms with Gasteiger partial charge in [0.2, 0.25) is 0 Å². The predicted octanol–water partition coefficient (Wildman–Crippen LogP) is 2.17. The van der Waals surface area contributed by atoms with Crippen LogP contribution in [0.4, 0.5) is 4.79 Å².